The third-order valence-electron chi connectivity index (χ3n) is 2.81. The second kappa shape index (κ2) is 9.38. The molecule has 19 heavy (non-hydrogen) atoms. The average molecular weight is 256 g/mol. The van der Waals surface area contributed by atoms with Crippen LogP contribution in [0.25, 0.3) is 5.57 Å². The molecule has 0 amide bonds. The van der Waals surface area contributed by atoms with E-state index in [0.717, 1.165) is 5.57 Å². The third-order valence-corrected chi connectivity index (χ3v) is 2.81. The van der Waals surface area contributed by atoms with Crippen LogP contribution in [0.1, 0.15) is 50.8 Å². The van der Waals surface area contributed by atoms with Crippen molar-refractivity contribution in [2.24, 2.45) is 0 Å². The maximum atomic E-state index is 3.93. The van der Waals surface area contributed by atoms with Crippen LogP contribution in [-0.4, -0.2) is 0 Å². The fourth-order valence-corrected chi connectivity index (χ4v) is 1.75. The summed E-state index contributed by atoms with van der Waals surface area (Å²) in [6.07, 6.45) is 7.56. The zero-order valence-electron chi connectivity index (χ0n) is 13.4. The summed E-state index contributed by atoms with van der Waals surface area (Å²) >= 11 is 0. The molecular weight excluding hydrogens is 228 g/mol. The van der Waals surface area contributed by atoms with Gasteiger partial charge < -0.3 is 0 Å². The topological polar surface area (TPSA) is 0 Å². The van der Waals surface area contributed by atoms with E-state index in [-0.39, 0.29) is 0 Å². The second-order valence-electron chi connectivity index (χ2n) is 4.74. The Morgan fingerprint density at radius 1 is 1.11 bits per heavy atom. The van der Waals surface area contributed by atoms with E-state index in [1.165, 1.54) is 28.7 Å². The largest absolute Gasteiger partial charge is 0.0955 e. The van der Waals surface area contributed by atoms with E-state index in [1.807, 2.05) is 20.8 Å². The highest BCUT2D eigenvalue weighted by Crippen LogP contribution is 2.17. The van der Waals surface area contributed by atoms with E-state index in [9.17, 15) is 0 Å². The molecular formula is C19H28. The fraction of sp³-hybridized carbons (Fsp3) is 0.368. The standard InChI is InChI=1S/C11H14.C6H8.C2H6/c1-8(2)11-7-9(3)5-6-10(11)4;1-6-4-2-3-5-6;1-2/h5-7H,1H2,2-4H3;2-4H,5H2,1H3;1-2H3. The summed E-state index contributed by atoms with van der Waals surface area (Å²) in [4.78, 5) is 0. The Morgan fingerprint density at radius 3 is 2.05 bits per heavy atom. The Hall–Kier alpha value is -1.56. The summed E-state index contributed by atoms with van der Waals surface area (Å²) in [5, 5.41) is 0. The zero-order valence-corrected chi connectivity index (χ0v) is 13.4. The van der Waals surface area contributed by atoms with E-state index >= 15 is 0 Å². The van der Waals surface area contributed by atoms with Crippen molar-refractivity contribution in [3.05, 3.63) is 65.3 Å². The normalized spacial score (nSPS) is 11.8. The van der Waals surface area contributed by atoms with Gasteiger partial charge in [-0.3, -0.25) is 0 Å². The van der Waals surface area contributed by atoms with Gasteiger partial charge in [0.2, 0.25) is 0 Å². The van der Waals surface area contributed by atoms with Gasteiger partial charge in [-0.2, -0.15) is 0 Å². The Balaban J connectivity index is 0.000000341. The summed E-state index contributed by atoms with van der Waals surface area (Å²) in [5.41, 5.74) is 6.50. The van der Waals surface area contributed by atoms with Gasteiger partial charge in [-0.1, -0.05) is 73.6 Å². The third kappa shape index (κ3) is 6.81. The van der Waals surface area contributed by atoms with Gasteiger partial charge in [-0.15, -0.1) is 0 Å². The zero-order chi connectivity index (χ0) is 14.8. The molecule has 1 aliphatic carbocycles. The van der Waals surface area contributed by atoms with Crippen LogP contribution in [0, 0.1) is 13.8 Å². The van der Waals surface area contributed by atoms with Crippen molar-refractivity contribution in [3.8, 4) is 0 Å². The summed E-state index contributed by atoms with van der Waals surface area (Å²) in [6.45, 7) is 16.3. The second-order valence-corrected chi connectivity index (χ2v) is 4.74. The van der Waals surface area contributed by atoms with E-state index in [0.29, 0.717) is 0 Å². The van der Waals surface area contributed by atoms with Crippen molar-refractivity contribution in [1.29, 1.82) is 0 Å². The van der Waals surface area contributed by atoms with Gasteiger partial charge in [0, 0.05) is 0 Å². The maximum Gasteiger partial charge on any atom is -0.0135 e. The number of hydrogen-bond donors (Lipinski definition) is 0. The smallest absolute Gasteiger partial charge is 0.0135 e. The quantitative estimate of drug-likeness (QED) is 0.556. The van der Waals surface area contributed by atoms with Crippen LogP contribution in [-0.2, 0) is 0 Å². The van der Waals surface area contributed by atoms with Gasteiger partial charge in [0.15, 0.2) is 0 Å². The molecule has 1 aromatic carbocycles. The fourth-order valence-electron chi connectivity index (χ4n) is 1.75. The van der Waals surface area contributed by atoms with Gasteiger partial charge in [-0.05, 0) is 45.2 Å². The van der Waals surface area contributed by atoms with Gasteiger partial charge >= 0.3 is 0 Å². The van der Waals surface area contributed by atoms with Crippen molar-refractivity contribution in [3.63, 3.8) is 0 Å². The van der Waals surface area contributed by atoms with Crippen molar-refractivity contribution < 1.29 is 0 Å². The van der Waals surface area contributed by atoms with Crippen LogP contribution < -0.4 is 0 Å². The van der Waals surface area contributed by atoms with E-state index in [2.05, 4.69) is 63.8 Å². The van der Waals surface area contributed by atoms with E-state index in [1.54, 1.807) is 0 Å². The first-order valence-corrected chi connectivity index (χ1v) is 7.06. The molecule has 0 atom stereocenters. The molecule has 0 bridgehead atoms. The van der Waals surface area contributed by atoms with Gasteiger partial charge in [0.25, 0.3) is 0 Å². The first kappa shape index (κ1) is 17.4. The minimum absolute atomic E-state index is 1.14. The van der Waals surface area contributed by atoms with Crippen LogP contribution in [0.5, 0.6) is 0 Å². The average Bonchev–Trinajstić information content (AvgIpc) is 2.86. The highest BCUT2D eigenvalue weighted by Gasteiger charge is 1.97. The molecule has 1 aliphatic rings. The number of benzene rings is 1. The minimum atomic E-state index is 1.14. The van der Waals surface area contributed by atoms with Gasteiger partial charge in [0.1, 0.15) is 0 Å². The van der Waals surface area contributed by atoms with Gasteiger partial charge in [0.05, 0.1) is 0 Å². The number of hydrogen-bond acceptors (Lipinski definition) is 0. The van der Waals surface area contributed by atoms with Crippen molar-refractivity contribution in [1.82, 2.24) is 0 Å². The molecule has 0 nitrogen and oxygen atoms in total. The molecule has 1 aromatic rings. The molecule has 0 heterocycles. The summed E-state index contributed by atoms with van der Waals surface area (Å²) in [5.74, 6) is 0. The molecule has 0 unspecified atom stereocenters. The van der Waals surface area contributed by atoms with E-state index in [4.69, 9.17) is 0 Å². The number of allylic oxidation sites excluding steroid dienone is 5. The molecule has 0 saturated heterocycles. The summed E-state index contributed by atoms with van der Waals surface area (Å²) in [7, 11) is 0. The maximum absolute atomic E-state index is 3.93. The Kier molecular flexibility index (Phi) is 8.61. The predicted molar refractivity (Wildman–Crippen MR) is 89.5 cm³/mol. The number of aryl methyl sites for hydroxylation is 2. The molecule has 2 rings (SSSR count). The molecule has 0 radical (unpaired) electrons. The molecule has 0 aromatic heterocycles. The lowest BCUT2D eigenvalue weighted by Gasteiger charge is -2.05. The SMILES string of the molecule is C=C(C)c1cc(C)ccc1C.CC.CC1=CC=CC1. The molecule has 0 saturated carbocycles. The van der Waals surface area contributed by atoms with Crippen LogP contribution in [0.4, 0.5) is 0 Å². The Labute approximate surface area is 119 Å². The molecule has 0 heteroatoms. The van der Waals surface area contributed by atoms with E-state index < -0.39 is 0 Å². The molecule has 0 aliphatic heterocycles. The lowest BCUT2D eigenvalue weighted by Crippen LogP contribution is -1.85. The lowest BCUT2D eigenvalue weighted by atomic mass is 10.0. The Morgan fingerprint density at radius 2 is 1.74 bits per heavy atom. The lowest BCUT2D eigenvalue weighted by molar-refractivity contribution is 1.25. The molecule has 0 fully saturated rings. The van der Waals surface area contributed by atoms with Crippen molar-refractivity contribution in [2.75, 3.05) is 0 Å². The summed E-state index contributed by atoms with van der Waals surface area (Å²) < 4.78 is 0. The van der Waals surface area contributed by atoms with Crippen molar-refractivity contribution >= 4 is 5.57 Å². The highest BCUT2D eigenvalue weighted by molar-refractivity contribution is 5.64. The van der Waals surface area contributed by atoms with Gasteiger partial charge in [-0.25, -0.2) is 0 Å². The molecule has 104 valence electrons. The number of rotatable bonds is 1. The highest BCUT2D eigenvalue weighted by atomic mass is 14.0. The Bertz CT molecular complexity index is 459. The van der Waals surface area contributed by atoms with Crippen LogP contribution in [0.2, 0.25) is 0 Å². The van der Waals surface area contributed by atoms with Crippen molar-refractivity contribution in [2.45, 2.75) is 48.0 Å². The monoisotopic (exact) mass is 256 g/mol. The van der Waals surface area contributed by atoms with Crippen LogP contribution in [0.15, 0.2) is 48.6 Å². The first-order chi connectivity index (χ1) is 9.00. The van der Waals surface area contributed by atoms with Crippen LogP contribution in [0.3, 0.4) is 0 Å². The first-order valence-electron chi connectivity index (χ1n) is 7.06. The summed E-state index contributed by atoms with van der Waals surface area (Å²) in [6, 6.07) is 6.44. The molecule has 0 N–H and O–H groups in total. The predicted octanol–water partition coefficient (Wildman–Crippen LogP) is 6.26. The minimum Gasteiger partial charge on any atom is -0.0955 e. The molecule has 0 spiro atoms. The van der Waals surface area contributed by atoms with Crippen LogP contribution >= 0.6 is 0 Å².